The summed E-state index contributed by atoms with van der Waals surface area (Å²) in [4.78, 5) is 31.0. The van der Waals surface area contributed by atoms with Crippen LogP contribution >= 0.6 is 0 Å². The van der Waals surface area contributed by atoms with E-state index in [1.54, 1.807) is 24.5 Å². The number of carbonyl (C=O) groups is 1. The maximum Gasteiger partial charge on any atom is 0.256 e. The monoisotopic (exact) mass is 352 g/mol. The number of amides is 1. The highest BCUT2D eigenvalue weighted by atomic mass is 19.1. The number of aromatic nitrogens is 2. The number of hydrogen-bond donors (Lipinski definition) is 3. The fraction of sp³-hybridized carbons (Fsp3) is 0.211. The van der Waals surface area contributed by atoms with Gasteiger partial charge in [0.05, 0.1) is 5.92 Å². The van der Waals surface area contributed by atoms with Crippen molar-refractivity contribution in [2.45, 2.75) is 19.5 Å². The zero-order valence-electron chi connectivity index (χ0n) is 14.0. The zero-order valence-corrected chi connectivity index (χ0v) is 14.0. The van der Waals surface area contributed by atoms with E-state index in [2.05, 4.69) is 15.3 Å². The third-order valence-electron chi connectivity index (χ3n) is 4.63. The lowest BCUT2D eigenvalue weighted by Crippen LogP contribution is -2.15. The quantitative estimate of drug-likeness (QED) is 0.631. The summed E-state index contributed by atoms with van der Waals surface area (Å²) in [7, 11) is 0. The number of aryl methyl sites for hydroxylation is 1. The summed E-state index contributed by atoms with van der Waals surface area (Å²) in [6, 6.07) is 7.06. The van der Waals surface area contributed by atoms with Gasteiger partial charge in [-0.3, -0.25) is 9.59 Å². The minimum atomic E-state index is -1.06. The van der Waals surface area contributed by atoms with Gasteiger partial charge in [-0.25, -0.2) is 9.37 Å². The van der Waals surface area contributed by atoms with Crippen LogP contribution in [-0.4, -0.2) is 22.0 Å². The number of nitrogens with zero attached hydrogens (tertiary/aromatic N) is 1. The van der Waals surface area contributed by atoms with E-state index >= 15 is 0 Å². The number of aromatic amines is 1. The van der Waals surface area contributed by atoms with E-state index < -0.39 is 12.1 Å². The molecule has 0 aliphatic heterocycles. The van der Waals surface area contributed by atoms with Gasteiger partial charge in [-0.15, -0.1) is 0 Å². The molecular formula is C19H17FN4O2. The number of halogens is 1. The molecule has 2 atom stereocenters. The highest BCUT2D eigenvalue weighted by molar-refractivity contribution is 6.00. The number of rotatable bonds is 3. The standard InChI is InChI=1S/C19H17FN4O2/c1-9-2-3-22-19(26)17(9)11-4-10-6-16(23-8-13(10)15(21)5-11)24-18(25)12-7-14(12)20/h2-6,8,12,14H,7,21H2,1H3,(H,22,26)(H,23,24,25)/t12-,14+/m1/s1. The molecular weight excluding hydrogens is 335 g/mol. The molecule has 26 heavy (non-hydrogen) atoms. The predicted molar refractivity (Wildman–Crippen MR) is 98.6 cm³/mol. The van der Waals surface area contributed by atoms with Gasteiger partial charge in [-0.1, -0.05) is 0 Å². The first kappa shape index (κ1) is 16.3. The number of nitrogens with one attached hydrogen (secondary N) is 2. The van der Waals surface area contributed by atoms with Gasteiger partial charge in [0.2, 0.25) is 5.91 Å². The maximum atomic E-state index is 13.0. The number of carbonyl (C=O) groups excluding carboxylic acids is 1. The second-order valence-electron chi connectivity index (χ2n) is 6.57. The van der Waals surface area contributed by atoms with E-state index in [-0.39, 0.29) is 17.9 Å². The number of hydrogen-bond acceptors (Lipinski definition) is 4. The van der Waals surface area contributed by atoms with Crippen molar-refractivity contribution in [2.24, 2.45) is 5.92 Å². The number of H-pyrrole nitrogens is 1. The van der Waals surface area contributed by atoms with Crippen LogP contribution in [-0.2, 0) is 4.79 Å². The Kier molecular flexibility index (Phi) is 3.72. The van der Waals surface area contributed by atoms with Gasteiger partial charge in [0.1, 0.15) is 12.0 Å². The Morgan fingerprint density at radius 1 is 1.38 bits per heavy atom. The minimum absolute atomic E-state index is 0.200. The van der Waals surface area contributed by atoms with Crippen LogP contribution in [0, 0.1) is 12.8 Å². The molecule has 1 amide bonds. The first-order valence-corrected chi connectivity index (χ1v) is 8.27. The second kappa shape index (κ2) is 5.94. The maximum absolute atomic E-state index is 13.0. The van der Waals surface area contributed by atoms with Crippen molar-refractivity contribution in [1.82, 2.24) is 9.97 Å². The Morgan fingerprint density at radius 3 is 2.85 bits per heavy atom. The lowest BCUT2D eigenvalue weighted by atomic mass is 9.99. The van der Waals surface area contributed by atoms with E-state index in [4.69, 9.17) is 5.73 Å². The molecule has 4 N–H and O–H groups in total. The summed E-state index contributed by atoms with van der Waals surface area (Å²) in [6.45, 7) is 1.85. The number of nitrogens with two attached hydrogens (primary N) is 1. The number of alkyl halides is 1. The molecule has 1 aliphatic rings. The largest absolute Gasteiger partial charge is 0.398 e. The predicted octanol–water partition coefficient (Wildman–Crippen LogP) is 2.78. The Hall–Kier alpha value is -3.22. The van der Waals surface area contributed by atoms with Gasteiger partial charge in [0, 0.05) is 29.0 Å². The Morgan fingerprint density at radius 2 is 2.15 bits per heavy atom. The van der Waals surface area contributed by atoms with Gasteiger partial charge < -0.3 is 16.0 Å². The summed E-state index contributed by atoms with van der Waals surface area (Å²) >= 11 is 0. The van der Waals surface area contributed by atoms with Crippen molar-refractivity contribution < 1.29 is 9.18 Å². The van der Waals surface area contributed by atoms with Gasteiger partial charge in [0.15, 0.2) is 0 Å². The van der Waals surface area contributed by atoms with Crippen molar-refractivity contribution in [3.8, 4) is 11.1 Å². The molecule has 1 saturated carbocycles. The molecule has 132 valence electrons. The molecule has 0 unspecified atom stereocenters. The third-order valence-corrected chi connectivity index (χ3v) is 4.63. The van der Waals surface area contributed by atoms with E-state index in [0.717, 1.165) is 10.9 Å². The molecule has 6 nitrogen and oxygen atoms in total. The Balaban J connectivity index is 1.77. The molecule has 0 radical (unpaired) electrons. The van der Waals surface area contributed by atoms with Crippen LogP contribution < -0.4 is 16.6 Å². The summed E-state index contributed by atoms with van der Waals surface area (Å²) in [6.07, 6.45) is 2.35. The molecule has 3 aromatic rings. The van der Waals surface area contributed by atoms with Crippen LogP contribution in [0.4, 0.5) is 15.9 Å². The van der Waals surface area contributed by atoms with Crippen LogP contribution in [0.3, 0.4) is 0 Å². The first-order valence-electron chi connectivity index (χ1n) is 8.27. The van der Waals surface area contributed by atoms with E-state index in [1.807, 2.05) is 19.1 Å². The summed E-state index contributed by atoms with van der Waals surface area (Å²) in [5.74, 6) is -0.630. The molecule has 4 rings (SSSR count). The number of pyridine rings is 2. The van der Waals surface area contributed by atoms with Crippen molar-refractivity contribution >= 4 is 28.2 Å². The molecule has 0 bridgehead atoms. The van der Waals surface area contributed by atoms with E-state index in [9.17, 15) is 14.0 Å². The second-order valence-corrected chi connectivity index (χ2v) is 6.57. The van der Waals surface area contributed by atoms with Crippen molar-refractivity contribution in [1.29, 1.82) is 0 Å². The van der Waals surface area contributed by atoms with Crippen LogP contribution in [0.2, 0.25) is 0 Å². The number of nitrogen functional groups attached to an aromatic ring is 1. The SMILES string of the molecule is Cc1cc[nH]c(=O)c1-c1cc(N)c2cnc(NC(=O)[C@@H]3C[C@@H]3F)cc2c1. The summed E-state index contributed by atoms with van der Waals surface area (Å²) < 4.78 is 13.0. The average molecular weight is 352 g/mol. The molecule has 1 aromatic carbocycles. The van der Waals surface area contributed by atoms with Crippen molar-refractivity contribution in [3.05, 3.63) is 52.6 Å². The Labute approximate surface area is 148 Å². The fourth-order valence-corrected chi connectivity index (χ4v) is 3.09. The molecule has 1 fully saturated rings. The smallest absolute Gasteiger partial charge is 0.256 e. The van der Waals surface area contributed by atoms with Gasteiger partial charge in [-0.05, 0) is 54.1 Å². The molecule has 7 heteroatoms. The van der Waals surface area contributed by atoms with Gasteiger partial charge in [-0.2, -0.15) is 0 Å². The Bertz CT molecular complexity index is 1090. The molecule has 0 spiro atoms. The van der Waals surface area contributed by atoms with Gasteiger partial charge in [0.25, 0.3) is 5.56 Å². The van der Waals surface area contributed by atoms with Crippen molar-refractivity contribution in [3.63, 3.8) is 0 Å². The lowest BCUT2D eigenvalue weighted by Gasteiger charge is -2.10. The van der Waals surface area contributed by atoms with E-state index in [1.165, 1.54) is 0 Å². The number of fused-ring (bicyclic) bond motifs is 1. The topological polar surface area (TPSA) is 101 Å². The van der Waals surface area contributed by atoms with E-state index in [0.29, 0.717) is 28.0 Å². The lowest BCUT2D eigenvalue weighted by molar-refractivity contribution is -0.117. The normalized spacial score (nSPS) is 18.7. The summed E-state index contributed by atoms with van der Waals surface area (Å²) in [5, 5.41) is 4.08. The number of anilines is 2. The van der Waals surface area contributed by atoms with Gasteiger partial charge >= 0.3 is 0 Å². The first-order chi connectivity index (χ1) is 12.4. The molecule has 1 aliphatic carbocycles. The van der Waals surface area contributed by atoms with Crippen molar-refractivity contribution in [2.75, 3.05) is 11.1 Å². The van der Waals surface area contributed by atoms with Crippen LogP contribution in [0.25, 0.3) is 21.9 Å². The van der Waals surface area contributed by atoms with Crippen LogP contribution in [0.15, 0.2) is 41.5 Å². The molecule has 2 heterocycles. The number of benzene rings is 1. The highest BCUT2D eigenvalue weighted by Gasteiger charge is 2.43. The third kappa shape index (κ3) is 2.81. The van der Waals surface area contributed by atoms with Crippen LogP contribution in [0.1, 0.15) is 12.0 Å². The minimum Gasteiger partial charge on any atom is -0.398 e. The average Bonchev–Trinajstić information content (AvgIpc) is 3.31. The fourth-order valence-electron chi connectivity index (χ4n) is 3.09. The summed E-state index contributed by atoms with van der Waals surface area (Å²) in [5.41, 5.74) is 8.47. The highest BCUT2D eigenvalue weighted by Crippen LogP contribution is 2.35. The van der Waals surface area contributed by atoms with Crippen LogP contribution in [0.5, 0.6) is 0 Å². The molecule has 0 saturated heterocycles. The zero-order chi connectivity index (χ0) is 18.4. The molecule has 2 aromatic heterocycles.